The summed E-state index contributed by atoms with van der Waals surface area (Å²) in [6.07, 6.45) is -3.69. The average Bonchev–Trinajstić information content (AvgIpc) is 2.66. The summed E-state index contributed by atoms with van der Waals surface area (Å²) >= 11 is 0. The Hall–Kier alpha value is -2.58. The number of hydrogen-bond acceptors (Lipinski definition) is 5. The number of alkyl halides is 2. The first-order valence-electron chi connectivity index (χ1n) is 6.80. The van der Waals surface area contributed by atoms with Crippen LogP contribution in [0, 0.1) is 0 Å². The molecule has 1 aromatic carbocycles. The van der Waals surface area contributed by atoms with E-state index in [0.717, 1.165) is 0 Å². The minimum absolute atomic E-state index is 0.0884. The highest BCUT2D eigenvalue weighted by Gasteiger charge is 2.43. The highest BCUT2D eigenvalue weighted by Crippen LogP contribution is 2.42. The van der Waals surface area contributed by atoms with Gasteiger partial charge in [-0.05, 0) is 32.9 Å². The van der Waals surface area contributed by atoms with Crippen LogP contribution in [0.2, 0.25) is 0 Å². The lowest BCUT2D eigenvalue weighted by molar-refractivity contribution is -0.286. The molecule has 9 heteroatoms. The fourth-order valence-electron chi connectivity index (χ4n) is 1.78. The number of ether oxygens (including phenoxy) is 2. The summed E-state index contributed by atoms with van der Waals surface area (Å²) in [4.78, 5) is 23.2. The topological polar surface area (TPSA) is 88.7 Å². The van der Waals surface area contributed by atoms with Gasteiger partial charge in [0.1, 0.15) is 0 Å². The zero-order valence-electron chi connectivity index (χ0n) is 12.8. The molecule has 3 N–H and O–H groups in total. The third-order valence-electron chi connectivity index (χ3n) is 2.60. The van der Waals surface area contributed by atoms with Crippen molar-refractivity contribution in [3.8, 4) is 11.5 Å². The van der Waals surface area contributed by atoms with Crippen LogP contribution in [0.3, 0.4) is 0 Å². The summed E-state index contributed by atoms with van der Waals surface area (Å²) < 4.78 is 34.3. The molecule has 0 fully saturated rings. The van der Waals surface area contributed by atoms with Gasteiger partial charge in [0.15, 0.2) is 11.5 Å². The molecule has 1 aliphatic heterocycles. The number of nitrogens with one attached hydrogen (secondary N) is 3. The third kappa shape index (κ3) is 4.97. The van der Waals surface area contributed by atoms with E-state index in [4.69, 9.17) is 0 Å². The zero-order valence-corrected chi connectivity index (χ0v) is 12.8. The van der Waals surface area contributed by atoms with Crippen molar-refractivity contribution in [3.63, 3.8) is 0 Å². The van der Waals surface area contributed by atoms with Crippen molar-refractivity contribution in [2.24, 2.45) is 0 Å². The molecule has 0 spiro atoms. The van der Waals surface area contributed by atoms with E-state index in [0.29, 0.717) is 5.69 Å². The number of carbonyl (C=O) groups excluding carboxylic acids is 2. The van der Waals surface area contributed by atoms with Crippen LogP contribution >= 0.6 is 0 Å². The van der Waals surface area contributed by atoms with Gasteiger partial charge in [-0.2, -0.15) is 0 Å². The Balaban J connectivity index is 1.85. The van der Waals surface area contributed by atoms with E-state index in [1.807, 2.05) is 0 Å². The van der Waals surface area contributed by atoms with E-state index in [1.165, 1.54) is 18.2 Å². The molecule has 0 radical (unpaired) electrons. The lowest BCUT2D eigenvalue weighted by atomic mass is 10.1. The fourth-order valence-corrected chi connectivity index (χ4v) is 1.78. The van der Waals surface area contributed by atoms with Crippen LogP contribution < -0.4 is 25.4 Å². The highest BCUT2D eigenvalue weighted by molar-refractivity contribution is 5.96. The van der Waals surface area contributed by atoms with E-state index in [-0.39, 0.29) is 18.0 Å². The normalized spacial score (nSPS) is 15.0. The number of hydrogen-bond donors (Lipinski definition) is 3. The summed E-state index contributed by atoms with van der Waals surface area (Å²) in [5.74, 6) is -0.796. The Morgan fingerprint density at radius 1 is 1.17 bits per heavy atom. The fraction of sp³-hybridized carbons (Fsp3) is 0.429. The molecule has 3 amide bonds. The quantitative estimate of drug-likeness (QED) is 0.790. The third-order valence-corrected chi connectivity index (χ3v) is 2.60. The van der Waals surface area contributed by atoms with Gasteiger partial charge in [0.2, 0.25) is 5.91 Å². The number of anilines is 1. The van der Waals surface area contributed by atoms with E-state index in [2.05, 4.69) is 25.4 Å². The maximum atomic E-state index is 12.9. The number of amides is 3. The molecule has 0 aromatic heterocycles. The van der Waals surface area contributed by atoms with Crippen LogP contribution in [0.25, 0.3) is 0 Å². The Morgan fingerprint density at radius 3 is 2.48 bits per heavy atom. The molecule has 0 saturated carbocycles. The molecule has 0 bridgehead atoms. The Labute approximate surface area is 131 Å². The number of carbonyl (C=O) groups is 2. The van der Waals surface area contributed by atoms with Crippen LogP contribution in [-0.4, -0.2) is 30.3 Å². The van der Waals surface area contributed by atoms with Crippen molar-refractivity contribution >= 4 is 17.6 Å². The molecule has 126 valence electrons. The number of benzene rings is 1. The molecule has 0 aliphatic carbocycles. The van der Waals surface area contributed by atoms with Crippen LogP contribution in [0.15, 0.2) is 18.2 Å². The molecule has 1 aromatic rings. The van der Waals surface area contributed by atoms with Gasteiger partial charge in [-0.1, -0.05) is 0 Å². The van der Waals surface area contributed by atoms with E-state index in [1.54, 1.807) is 20.8 Å². The molecular weight excluding hydrogens is 312 g/mol. The summed E-state index contributed by atoms with van der Waals surface area (Å²) in [7, 11) is 0. The second-order valence-electron chi connectivity index (χ2n) is 5.93. The average molecular weight is 329 g/mol. The molecule has 7 nitrogen and oxygen atoms in total. The van der Waals surface area contributed by atoms with E-state index in [9.17, 15) is 18.4 Å². The van der Waals surface area contributed by atoms with Crippen molar-refractivity contribution in [1.82, 2.24) is 10.6 Å². The molecule has 23 heavy (non-hydrogen) atoms. The van der Waals surface area contributed by atoms with Crippen molar-refractivity contribution < 1.29 is 27.8 Å². The van der Waals surface area contributed by atoms with Gasteiger partial charge in [-0.15, -0.1) is 8.78 Å². The first-order chi connectivity index (χ1) is 10.5. The largest absolute Gasteiger partial charge is 0.586 e. The lowest BCUT2D eigenvalue weighted by Gasteiger charge is -2.20. The molecule has 1 heterocycles. The van der Waals surface area contributed by atoms with Gasteiger partial charge in [0.25, 0.3) is 0 Å². The van der Waals surface area contributed by atoms with Gasteiger partial charge in [0, 0.05) is 17.3 Å². The summed E-state index contributed by atoms with van der Waals surface area (Å²) in [5, 5.41) is 7.41. The Bertz CT molecular complexity index is 629. The van der Waals surface area contributed by atoms with Crippen LogP contribution in [0.4, 0.5) is 19.3 Å². The zero-order chi connectivity index (χ0) is 17.3. The molecule has 2 rings (SSSR count). The second kappa shape index (κ2) is 5.90. The minimum atomic E-state index is -3.69. The molecule has 1 aliphatic rings. The Morgan fingerprint density at radius 2 is 1.83 bits per heavy atom. The first-order valence-corrected chi connectivity index (χ1v) is 6.80. The van der Waals surface area contributed by atoms with Gasteiger partial charge in [-0.3, -0.25) is 10.1 Å². The predicted octanol–water partition coefficient (Wildman–Crippen LogP) is 2.04. The molecular formula is C14H17F2N3O4. The van der Waals surface area contributed by atoms with Crippen molar-refractivity contribution in [2.75, 3.05) is 11.9 Å². The summed E-state index contributed by atoms with van der Waals surface area (Å²) in [6, 6.07) is 3.41. The van der Waals surface area contributed by atoms with Crippen molar-refractivity contribution in [3.05, 3.63) is 18.2 Å². The monoisotopic (exact) mass is 329 g/mol. The standard InChI is InChI=1S/C14H17F2N3O4/c1-13(2,3)19-12(21)18-11(20)7-17-8-4-5-9-10(6-8)23-14(15,16)22-9/h4-6,17H,7H2,1-3H3,(H2,18,19,20,21). The molecule has 0 atom stereocenters. The minimum Gasteiger partial charge on any atom is -0.395 e. The van der Waals surface area contributed by atoms with Crippen LogP contribution in [0.5, 0.6) is 11.5 Å². The lowest BCUT2D eigenvalue weighted by Crippen LogP contribution is -2.49. The Kier molecular flexibility index (Phi) is 4.31. The van der Waals surface area contributed by atoms with Crippen molar-refractivity contribution in [1.29, 1.82) is 0 Å². The van der Waals surface area contributed by atoms with Gasteiger partial charge >= 0.3 is 12.3 Å². The SMILES string of the molecule is CC(C)(C)NC(=O)NC(=O)CNc1ccc2c(c1)OC(F)(F)O2. The summed E-state index contributed by atoms with van der Waals surface area (Å²) in [5.41, 5.74) is -0.100. The van der Waals surface area contributed by atoms with Gasteiger partial charge in [-0.25, -0.2) is 4.79 Å². The number of urea groups is 1. The van der Waals surface area contributed by atoms with Crippen molar-refractivity contribution in [2.45, 2.75) is 32.6 Å². The first kappa shape index (κ1) is 16.8. The number of rotatable bonds is 3. The van der Waals surface area contributed by atoms with Gasteiger partial charge < -0.3 is 20.1 Å². The second-order valence-corrected chi connectivity index (χ2v) is 5.93. The summed E-state index contributed by atoms with van der Waals surface area (Å²) in [6.45, 7) is 5.11. The van der Waals surface area contributed by atoms with Crippen LogP contribution in [0.1, 0.15) is 20.8 Å². The molecule has 0 unspecified atom stereocenters. The number of fused-ring (bicyclic) bond motifs is 1. The predicted molar refractivity (Wildman–Crippen MR) is 77.6 cm³/mol. The van der Waals surface area contributed by atoms with E-state index < -0.39 is 23.8 Å². The molecule has 0 saturated heterocycles. The maximum Gasteiger partial charge on any atom is 0.586 e. The van der Waals surface area contributed by atoms with E-state index >= 15 is 0 Å². The number of imide groups is 1. The van der Waals surface area contributed by atoms with Crippen LogP contribution in [-0.2, 0) is 4.79 Å². The van der Waals surface area contributed by atoms with Gasteiger partial charge in [0.05, 0.1) is 6.54 Å². The maximum absolute atomic E-state index is 12.9. The number of halogens is 2. The smallest absolute Gasteiger partial charge is 0.395 e. The highest BCUT2D eigenvalue weighted by atomic mass is 19.3.